The van der Waals surface area contributed by atoms with Gasteiger partial charge in [0.15, 0.2) is 0 Å². The first-order valence-electron chi connectivity index (χ1n) is 5.43. The van der Waals surface area contributed by atoms with Crippen molar-refractivity contribution < 1.29 is 8.42 Å². The highest BCUT2D eigenvalue weighted by molar-refractivity contribution is 9.10. The standard InChI is InChI=1S/C11H17BrN2O2S/c1-8(2)9(3)5-14-17(15,16)11-4-10(12)6-13-7-11/h4,6-9,14H,5H2,1-3H3. The van der Waals surface area contributed by atoms with Crippen molar-refractivity contribution in [3.05, 3.63) is 22.9 Å². The summed E-state index contributed by atoms with van der Waals surface area (Å²) in [6.07, 6.45) is 2.89. The fraction of sp³-hybridized carbons (Fsp3) is 0.545. The monoisotopic (exact) mass is 320 g/mol. The van der Waals surface area contributed by atoms with E-state index in [0.29, 0.717) is 22.9 Å². The molecule has 1 aromatic heterocycles. The maximum atomic E-state index is 11.9. The average Bonchev–Trinajstić information content (AvgIpc) is 2.26. The fourth-order valence-corrected chi connectivity index (χ4v) is 2.75. The van der Waals surface area contributed by atoms with Gasteiger partial charge in [0, 0.05) is 23.4 Å². The van der Waals surface area contributed by atoms with Crippen LogP contribution < -0.4 is 4.72 Å². The summed E-state index contributed by atoms with van der Waals surface area (Å²) in [5.41, 5.74) is 0. The molecule has 1 N–H and O–H groups in total. The minimum atomic E-state index is -3.45. The Hall–Kier alpha value is -0.460. The smallest absolute Gasteiger partial charge is 0.242 e. The number of hydrogen-bond donors (Lipinski definition) is 1. The molecule has 17 heavy (non-hydrogen) atoms. The summed E-state index contributed by atoms with van der Waals surface area (Å²) < 4.78 is 27.1. The molecule has 0 aliphatic rings. The highest BCUT2D eigenvalue weighted by atomic mass is 79.9. The van der Waals surface area contributed by atoms with E-state index in [-0.39, 0.29) is 4.90 Å². The van der Waals surface area contributed by atoms with Gasteiger partial charge in [-0.05, 0) is 33.8 Å². The van der Waals surface area contributed by atoms with E-state index in [4.69, 9.17) is 0 Å². The van der Waals surface area contributed by atoms with Crippen LogP contribution in [0.25, 0.3) is 0 Å². The lowest BCUT2D eigenvalue weighted by atomic mass is 9.99. The number of nitrogens with zero attached hydrogens (tertiary/aromatic N) is 1. The van der Waals surface area contributed by atoms with Crippen molar-refractivity contribution >= 4 is 26.0 Å². The van der Waals surface area contributed by atoms with E-state index >= 15 is 0 Å². The van der Waals surface area contributed by atoms with Gasteiger partial charge in [-0.15, -0.1) is 0 Å². The van der Waals surface area contributed by atoms with Gasteiger partial charge >= 0.3 is 0 Å². The lowest BCUT2D eigenvalue weighted by molar-refractivity contribution is 0.414. The maximum Gasteiger partial charge on any atom is 0.242 e. The number of aromatic nitrogens is 1. The molecule has 0 bridgehead atoms. The quantitative estimate of drug-likeness (QED) is 0.906. The Bertz CT molecular complexity index is 474. The predicted octanol–water partition coefficient (Wildman–Crippen LogP) is 2.41. The summed E-state index contributed by atoms with van der Waals surface area (Å²) in [5.74, 6) is 0.739. The summed E-state index contributed by atoms with van der Waals surface area (Å²) >= 11 is 3.20. The van der Waals surface area contributed by atoms with Gasteiger partial charge in [-0.2, -0.15) is 0 Å². The Balaban J connectivity index is 2.76. The van der Waals surface area contributed by atoms with Crippen LogP contribution in [-0.2, 0) is 10.0 Å². The average molecular weight is 321 g/mol. The number of hydrogen-bond acceptors (Lipinski definition) is 3. The van der Waals surface area contributed by atoms with Crippen molar-refractivity contribution in [3.8, 4) is 0 Å². The minimum Gasteiger partial charge on any atom is -0.262 e. The van der Waals surface area contributed by atoms with E-state index in [2.05, 4.69) is 39.5 Å². The molecule has 0 amide bonds. The molecule has 0 aliphatic carbocycles. The van der Waals surface area contributed by atoms with Gasteiger partial charge in [0.25, 0.3) is 0 Å². The number of sulfonamides is 1. The molecule has 0 radical (unpaired) electrons. The lowest BCUT2D eigenvalue weighted by Crippen LogP contribution is -2.30. The van der Waals surface area contributed by atoms with Crippen LogP contribution >= 0.6 is 15.9 Å². The van der Waals surface area contributed by atoms with Gasteiger partial charge in [-0.25, -0.2) is 13.1 Å². The van der Waals surface area contributed by atoms with Crippen LogP contribution in [0.15, 0.2) is 27.8 Å². The van der Waals surface area contributed by atoms with Crippen molar-refractivity contribution in [2.24, 2.45) is 11.8 Å². The second kappa shape index (κ2) is 5.93. The largest absolute Gasteiger partial charge is 0.262 e. The van der Waals surface area contributed by atoms with E-state index in [1.54, 1.807) is 6.20 Å². The van der Waals surface area contributed by atoms with Crippen LogP contribution in [0.4, 0.5) is 0 Å². The van der Waals surface area contributed by atoms with E-state index in [1.165, 1.54) is 12.3 Å². The van der Waals surface area contributed by atoms with Gasteiger partial charge in [-0.3, -0.25) is 4.98 Å². The molecule has 96 valence electrons. The molecule has 6 heteroatoms. The molecule has 0 aliphatic heterocycles. The second-order valence-corrected chi connectivity index (χ2v) is 7.09. The van der Waals surface area contributed by atoms with Crippen molar-refractivity contribution in [3.63, 3.8) is 0 Å². The Labute approximate surface area is 111 Å². The van der Waals surface area contributed by atoms with E-state index in [1.807, 2.05) is 6.92 Å². The van der Waals surface area contributed by atoms with Crippen LogP contribution in [0, 0.1) is 11.8 Å². The maximum absolute atomic E-state index is 11.9. The third-order valence-corrected chi connectivity index (χ3v) is 4.55. The summed E-state index contributed by atoms with van der Waals surface area (Å²) in [7, 11) is -3.45. The Morgan fingerprint density at radius 3 is 2.53 bits per heavy atom. The van der Waals surface area contributed by atoms with Crippen LogP contribution in [-0.4, -0.2) is 19.9 Å². The lowest BCUT2D eigenvalue weighted by Gasteiger charge is -2.16. The van der Waals surface area contributed by atoms with Gasteiger partial charge in [0.2, 0.25) is 10.0 Å². The highest BCUT2D eigenvalue weighted by Crippen LogP contribution is 2.15. The third-order valence-electron chi connectivity index (χ3n) is 2.72. The highest BCUT2D eigenvalue weighted by Gasteiger charge is 2.16. The fourth-order valence-electron chi connectivity index (χ4n) is 1.10. The van der Waals surface area contributed by atoms with Crippen molar-refractivity contribution in [1.29, 1.82) is 0 Å². The molecular formula is C11H17BrN2O2S. The minimum absolute atomic E-state index is 0.183. The zero-order valence-corrected chi connectivity index (χ0v) is 12.5. The third kappa shape index (κ3) is 4.37. The number of pyridine rings is 1. The van der Waals surface area contributed by atoms with E-state index in [9.17, 15) is 8.42 Å². The number of halogens is 1. The normalized spacial score (nSPS) is 13.9. The second-order valence-electron chi connectivity index (χ2n) is 4.41. The number of nitrogens with one attached hydrogen (secondary N) is 1. The first-order valence-corrected chi connectivity index (χ1v) is 7.71. The Kier molecular flexibility index (Phi) is 5.09. The molecule has 1 rings (SSSR count). The molecular weight excluding hydrogens is 304 g/mol. The van der Waals surface area contributed by atoms with E-state index in [0.717, 1.165) is 0 Å². The molecule has 0 spiro atoms. The van der Waals surface area contributed by atoms with Crippen LogP contribution in [0.3, 0.4) is 0 Å². The van der Waals surface area contributed by atoms with Crippen LogP contribution in [0.5, 0.6) is 0 Å². The van der Waals surface area contributed by atoms with Gasteiger partial charge in [0.05, 0.1) is 0 Å². The van der Waals surface area contributed by atoms with Gasteiger partial charge in [-0.1, -0.05) is 20.8 Å². The van der Waals surface area contributed by atoms with E-state index < -0.39 is 10.0 Å². The van der Waals surface area contributed by atoms with Crippen molar-refractivity contribution in [2.45, 2.75) is 25.7 Å². The molecule has 0 saturated heterocycles. The Morgan fingerprint density at radius 2 is 2.00 bits per heavy atom. The molecule has 0 fully saturated rings. The predicted molar refractivity (Wildman–Crippen MR) is 71.1 cm³/mol. The molecule has 1 unspecified atom stereocenters. The molecule has 1 atom stereocenters. The summed E-state index contributed by atoms with van der Waals surface area (Å²) in [5, 5.41) is 0. The topological polar surface area (TPSA) is 59.1 Å². The van der Waals surface area contributed by atoms with Gasteiger partial charge in [0.1, 0.15) is 4.90 Å². The summed E-state index contributed by atoms with van der Waals surface area (Å²) in [4.78, 5) is 4.03. The number of rotatable bonds is 5. The first kappa shape index (κ1) is 14.6. The zero-order valence-electron chi connectivity index (χ0n) is 10.1. The van der Waals surface area contributed by atoms with Crippen LogP contribution in [0.1, 0.15) is 20.8 Å². The zero-order chi connectivity index (χ0) is 13.1. The van der Waals surface area contributed by atoms with Gasteiger partial charge < -0.3 is 0 Å². The molecule has 1 heterocycles. The van der Waals surface area contributed by atoms with Crippen molar-refractivity contribution in [1.82, 2.24) is 9.71 Å². The van der Waals surface area contributed by atoms with Crippen molar-refractivity contribution in [2.75, 3.05) is 6.54 Å². The molecule has 0 saturated carbocycles. The SMILES string of the molecule is CC(C)C(C)CNS(=O)(=O)c1cncc(Br)c1. The Morgan fingerprint density at radius 1 is 1.35 bits per heavy atom. The summed E-state index contributed by atoms with van der Waals surface area (Å²) in [6.45, 7) is 6.60. The molecule has 1 aromatic rings. The molecule has 4 nitrogen and oxygen atoms in total. The first-order chi connectivity index (χ1) is 7.83. The molecule has 0 aromatic carbocycles. The summed E-state index contributed by atoms with van der Waals surface area (Å²) in [6, 6.07) is 1.54. The van der Waals surface area contributed by atoms with Crippen LogP contribution in [0.2, 0.25) is 0 Å².